The fraction of sp³-hybridized carbons (Fsp3) is 0.407. The van der Waals surface area contributed by atoms with Gasteiger partial charge in [-0.2, -0.15) is 0 Å². The number of benzene rings is 2. The Kier molecular flexibility index (Phi) is 7.18. The zero-order chi connectivity index (χ0) is 21.5. The summed E-state index contributed by atoms with van der Waals surface area (Å²) < 4.78 is 1.92. The Morgan fingerprint density at radius 1 is 0.871 bits per heavy atom. The zero-order valence-electron chi connectivity index (χ0n) is 18.6. The van der Waals surface area contributed by atoms with Gasteiger partial charge in [0, 0.05) is 18.8 Å². The topological polar surface area (TPSA) is 38.1 Å². The fourth-order valence-electron chi connectivity index (χ4n) is 4.33. The molecule has 0 radical (unpaired) electrons. The number of carbonyl (C=O) groups is 1. The summed E-state index contributed by atoms with van der Waals surface area (Å²) in [6, 6.07) is 17.3. The third-order valence-corrected chi connectivity index (χ3v) is 6.25. The van der Waals surface area contributed by atoms with E-state index >= 15 is 0 Å². The van der Waals surface area contributed by atoms with E-state index in [1.165, 1.54) is 48.8 Å². The summed E-state index contributed by atoms with van der Waals surface area (Å²) in [7, 11) is 0. The Morgan fingerprint density at radius 3 is 2.13 bits per heavy atom. The van der Waals surface area contributed by atoms with Crippen molar-refractivity contribution in [3.63, 3.8) is 0 Å². The van der Waals surface area contributed by atoms with Crippen LogP contribution in [0.3, 0.4) is 0 Å². The van der Waals surface area contributed by atoms with Crippen molar-refractivity contribution in [1.29, 1.82) is 0 Å². The normalized spacial score (nSPS) is 14.8. The number of carbonyl (C=O) groups excluding carboxylic acids is 1. The van der Waals surface area contributed by atoms with Crippen LogP contribution in [-0.2, 0) is 6.42 Å². The second-order valence-corrected chi connectivity index (χ2v) is 8.56. The molecule has 4 heteroatoms. The zero-order valence-corrected chi connectivity index (χ0v) is 18.6. The highest BCUT2D eigenvalue weighted by Crippen LogP contribution is 2.23. The Morgan fingerprint density at radius 2 is 1.48 bits per heavy atom. The molecule has 1 fully saturated rings. The minimum atomic E-state index is 0.0890. The number of unbranched alkanes of at least 4 members (excludes halogenated alkanes) is 1. The third-order valence-electron chi connectivity index (χ3n) is 6.25. The molecule has 162 valence electrons. The van der Waals surface area contributed by atoms with Gasteiger partial charge in [-0.1, -0.05) is 69.0 Å². The molecule has 31 heavy (non-hydrogen) atoms. The number of likely N-dealkylation sites (tertiary alicyclic amines) is 1. The van der Waals surface area contributed by atoms with Crippen LogP contribution in [0.5, 0.6) is 0 Å². The number of hydrogen-bond acceptors (Lipinski definition) is 2. The van der Waals surface area contributed by atoms with E-state index in [-0.39, 0.29) is 5.91 Å². The lowest BCUT2D eigenvalue weighted by molar-refractivity contribution is 0.0734. The van der Waals surface area contributed by atoms with E-state index in [0.29, 0.717) is 5.69 Å². The summed E-state index contributed by atoms with van der Waals surface area (Å²) in [5.41, 5.74) is 5.41. The minimum absolute atomic E-state index is 0.0890. The summed E-state index contributed by atoms with van der Waals surface area (Å²) in [4.78, 5) is 19.5. The van der Waals surface area contributed by atoms with E-state index in [4.69, 9.17) is 0 Å². The summed E-state index contributed by atoms with van der Waals surface area (Å²) >= 11 is 0. The van der Waals surface area contributed by atoms with Crippen molar-refractivity contribution in [2.75, 3.05) is 13.1 Å². The summed E-state index contributed by atoms with van der Waals surface area (Å²) in [6.45, 7) is 3.92. The first-order valence-corrected chi connectivity index (χ1v) is 11.8. The first-order valence-electron chi connectivity index (χ1n) is 11.8. The van der Waals surface area contributed by atoms with Crippen LogP contribution in [0.4, 0.5) is 0 Å². The smallest absolute Gasteiger partial charge is 0.272 e. The van der Waals surface area contributed by atoms with E-state index in [1.807, 2.05) is 9.47 Å². The molecule has 0 bridgehead atoms. The van der Waals surface area contributed by atoms with Crippen molar-refractivity contribution in [2.24, 2.45) is 0 Å². The van der Waals surface area contributed by atoms with Gasteiger partial charge >= 0.3 is 0 Å². The van der Waals surface area contributed by atoms with Gasteiger partial charge < -0.3 is 4.90 Å². The fourth-order valence-corrected chi connectivity index (χ4v) is 4.33. The number of imidazole rings is 1. The van der Waals surface area contributed by atoms with Crippen LogP contribution in [0.25, 0.3) is 16.8 Å². The van der Waals surface area contributed by atoms with E-state index in [1.54, 1.807) is 12.5 Å². The maximum absolute atomic E-state index is 13.2. The molecule has 2 heterocycles. The Balaban J connectivity index is 1.50. The molecule has 0 spiro atoms. The van der Waals surface area contributed by atoms with Crippen molar-refractivity contribution in [3.05, 3.63) is 72.3 Å². The number of aromatic nitrogens is 2. The number of hydrogen-bond donors (Lipinski definition) is 0. The molecule has 0 N–H and O–H groups in total. The van der Waals surface area contributed by atoms with Crippen LogP contribution >= 0.6 is 0 Å². The highest BCUT2D eigenvalue weighted by atomic mass is 16.2. The van der Waals surface area contributed by atoms with Gasteiger partial charge in [0.05, 0.1) is 12.5 Å². The molecular weight excluding hydrogens is 382 g/mol. The summed E-state index contributed by atoms with van der Waals surface area (Å²) in [5, 5.41) is 0. The Hall–Kier alpha value is -2.88. The largest absolute Gasteiger partial charge is 0.337 e. The van der Waals surface area contributed by atoms with Gasteiger partial charge in [0.1, 0.15) is 5.69 Å². The molecule has 1 aromatic heterocycles. The van der Waals surface area contributed by atoms with Crippen LogP contribution in [0, 0.1) is 0 Å². The predicted molar refractivity (Wildman–Crippen MR) is 127 cm³/mol. The maximum atomic E-state index is 13.2. The van der Waals surface area contributed by atoms with Gasteiger partial charge in [0.15, 0.2) is 0 Å². The lowest BCUT2D eigenvalue weighted by Gasteiger charge is -2.25. The molecule has 4 rings (SSSR count). The molecule has 1 saturated heterocycles. The van der Waals surface area contributed by atoms with Crippen molar-refractivity contribution < 1.29 is 4.79 Å². The highest BCUT2D eigenvalue weighted by molar-refractivity contribution is 5.93. The third kappa shape index (κ3) is 5.25. The second kappa shape index (κ2) is 10.4. The van der Waals surface area contributed by atoms with Crippen molar-refractivity contribution >= 4 is 5.91 Å². The molecule has 1 amide bonds. The molecule has 0 aliphatic carbocycles. The van der Waals surface area contributed by atoms with Gasteiger partial charge in [-0.05, 0) is 54.5 Å². The number of rotatable bonds is 6. The SMILES string of the molecule is CCCCc1ccc(-c2ccc(-n3cncc3C(=O)N3CCCCCCC3)cc2)cc1. The monoisotopic (exact) mass is 415 g/mol. The summed E-state index contributed by atoms with van der Waals surface area (Å²) in [6.07, 6.45) is 12.9. The second-order valence-electron chi connectivity index (χ2n) is 8.56. The molecular formula is C27H33N3O. The summed E-state index contributed by atoms with van der Waals surface area (Å²) in [5.74, 6) is 0.0890. The number of amides is 1. The van der Waals surface area contributed by atoms with Gasteiger partial charge in [0.2, 0.25) is 0 Å². The Bertz CT molecular complexity index is 964. The van der Waals surface area contributed by atoms with Crippen LogP contribution in [0.1, 0.15) is 67.9 Å². The van der Waals surface area contributed by atoms with E-state index in [2.05, 4.69) is 60.4 Å². The van der Waals surface area contributed by atoms with Crippen molar-refractivity contribution in [3.8, 4) is 16.8 Å². The van der Waals surface area contributed by atoms with Gasteiger partial charge in [-0.3, -0.25) is 9.36 Å². The van der Waals surface area contributed by atoms with Gasteiger partial charge in [0.25, 0.3) is 5.91 Å². The first kappa shape index (κ1) is 21.4. The number of aryl methyl sites for hydroxylation is 1. The standard InChI is InChI=1S/C27H33N3O/c1-2-3-9-22-10-12-23(13-11-22)24-14-16-25(17-15-24)30-21-28-20-26(30)27(31)29-18-7-5-4-6-8-19-29/h10-17,20-21H,2-9,18-19H2,1H3. The predicted octanol–water partition coefficient (Wildman–Crippen LogP) is 6.29. The van der Waals surface area contributed by atoms with Crippen molar-refractivity contribution in [2.45, 2.75) is 58.3 Å². The Labute approximate surface area is 185 Å². The van der Waals surface area contributed by atoms with Crippen molar-refractivity contribution in [1.82, 2.24) is 14.5 Å². The van der Waals surface area contributed by atoms with Crippen LogP contribution < -0.4 is 0 Å². The van der Waals surface area contributed by atoms with Crippen LogP contribution in [-0.4, -0.2) is 33.4 Å². The quantitative estimate of drug-likeness (QED) is 0.475. The molecule has 0 atom stereocenters. The van der Waals surface area contributed by atoms with Gasteiger partial charge in [-0.25, -0.2) is 4.98 Å². The molecule has 1 aliphatic heterocycles. The molecule has 3 aromatic rings. The molecule has 1 aliphatic rings. The van der Waals surface area contributed by atoms with Gasteiger partial charge in [-0.15, -0.1) is 0 Å². The molecule has 0 saturated carbocycles. The average Bonchev–Trinajstić information content (AvgIpc) is 3.28. The molecule has 0 unspecified atom stereocenters. The highest BCUT2D eigenvalue weighted by Gasteiger charge is 2.20. The molecule has 2 aromatic carbocycles. The van der Waals surface area contributed by atoms with Crippen LogP contribution in [0.15, 0.2) is 61.1 Å². The van der Waals surface area contributed by atoms with E-state index in [9.17, 15) is 4.79 Å². The molecule has 4 nitrogen and oxygen atoms in total. The maximum Gasteiger partial charge on any atom is 0.272 e. The lowest BCUT2D eigenvalue weighted by atomic mass is 10.0. The first-order chi connectivity index (χ1) is 15.3. The number of nitrogens with zero attached hydrogens (tertiary/aromatic N) is 3. The average molecular weight is 416 g/mol. The van der Waals surface area contributed by atoms with E-state index in [0.717, 1.165) is 38.0 Å². The minimum Gasteiger partial charge on any atom is -0.337 e. The lowest BCUT2D eigenvalue weighted by Crippen LogP contribution is -2.34. The van der Waals surface area contributed by atoms with Crippen LogP contribution in [0.2, 0.25) is 0 Å². The van der Waals surface area contributed by atoms with E-state index < -0.39 is 0 Å².